The number of nitrogens with one attached hydrogen (secondary N) is 2. The van der Waals surface area contributed by atoms with Crippen molar-refractivity contribution < 1.29 is 17.9 Å². The molecule has 0 spiro atoms. The van der Waals surface area contributed by atoms with Crippen LogP contribution in [-0.4, -0.2) is 33.6 Å². The highest BCUT2D eigenvalue weighted by Gasteiger charge is 2.22. The number of anilines is 1. The minimum absolute atomic E-state index is 0.0159. The zero-order valence-corrected chi connectivity index (χ0v) is 17.3. The number of aryl methyl sites for hydroxylation is 1. The number of ether oxygens (including phenoxy) is 1. The summed E-state index contributed by atoms with van der Waals surface area (Å²) in [6.07, 6.45) is 1.92. The van der Waals surface area contributed by atoms with Crippen LogP contribution in [0.2, 0.25) is 0 Å². The van der Waals surface area contributed by atoms with E-state index in [1.807, 2.05) is 0 Å². The van der Waals surface area contributed by atoms with E-state index in [2.05, 4.69) is 26.0 Å². The van der Waals surface area contributed by atoms with Crippen LogP contribution in [0.1, 0.15) is 28.8 Å². The van der Waals surface area contributed by atoms with Crippen LogP contribution in [-0.2, 0) is 14.8 Å². The van der Waals surface area contributed by atoms with E-state index >= 15 is 0 Å². The molecule has 0 unspecified atom stereocenters. The molecule has 0 saturated carbocycles. The second-order valence-corrected chi connectivity index (χ2v) is 8.97. The fourth-order valence-electron chi connectivity index (χ4n) is 2.94. The van der Waals surface area contributed by atoms with Gasteiger partial charge in [-0.2, -0.15) is 0 Å². The van der Waals surface area contributed by atoms with E-state index in [9.17, 15) is 13.2 Å². The number of benzene rings is 2. The average molecular weight is 453 g/mol. The lowest BCUT2D eigenvalue weighted by Crippen LogP contribution is -2.32. The Morgan fingerprint density at radius 2 is 2.04 bits per heavy atom. The van der Waals surface area contributed by atoms with Crippen molar-refractivity contribution in [3.63, 3.8) is 0 Å². The molecule has 27 heavy (non-hydrogen) atoms. The molecule has 0 radical (unpaired) electrons. The minimum atomic E-state index is -3.84. The van der Waals surface area contributed by atoms with Gasteiger partial charge in [-0.25, -0.2) is 8.42 Å². The zero-order chi connectivity index (χ0) is 19.4. The standard InChI is InChI=1S/C19H21BrN2O4S/c1-13-8-9-14(20)11-18(13)27(24,25)22-17-7-3-2-6-16(17)19(23)21-12-15-5-4-10-26-15/h2-3,6-9,11,15,22H,4-5,10,12H2,1H3,(H,21,23)/t15-/m0/s1. The first-order valence-electron chi connectivity index (χ1n) is 8.64. The molecule has 2 aromatic rings. The van der Waals surface area contributed by atoms with Gasteiger partial charge in [0.25, 0.3) is 15.9 Å². The van der Waals surface area contributed by atoms with E-state index in [-0.39, 0.29) is 28.2 Å². The second kappa shape index (κ2) is 8.41. The van der Waals surface area contributed by atoms with Crippen molar-refractivity contribution >= 4 is 37.5 Å². The highest BCUT2D eigenvalue weighted by molar-refractivity contribution is 9.10. The molecule has 0 aromatic heterocycles. The summed E-state index contributed by atoms with van der Waals surface area (Å²) in [4.78, 5) is 12.7. The van der Waals surface area contributed by atoms with Crippen LogP contribution in [0.4, 0.5) is 5.69 Å². The van der Waals surface area contributed by atoms with E-state index in [4.69, 9.17) is 4.74 Å². The Balaban J connectivity index is 1.80. The van der Waals surface area contributed by atoms with Gasteiger partial charge >= 0.3 is 0 Å². The molecular formula is C19H21BrN2O4S. The number of para-hydroxylation sites is 1. The Bertz CT molecular complexity index is 940. The molecule has 2 aromatic carbocycles. The predicted octanol–water partition coefficient (Wildman–Crippen LogP) is 3.47. The first kappa shape index (κ1) is 19.9. The van der Waals surface area contributed by atoms with Crippen molar-refractivity contribution in [3.8, 4) is 0 Å². The summed E-state index contributed by atoms with van der Waals surface area (Å²) in [5.74, 6) is -0.338. The first-order chi connectivity index (χ1) is 12.9. The maximum Gasteiger partial charge on any atom is 0.262 e. The topological polar surface area (TPSA) is 84.5 Å². The van der Waals surface area contributed by atoms with Crippen LogP contribution >= 0.6 is 15.9 Å². The van der Waals surface area contributed by atoms with E-state index in [0.717, 1.165) is 12.8 Å². The number of rotatable bonds is 6. The number of hydrogen-bond acceptors (Lipinski definition) is 4. The molecule has 1 amide bonds. The Kier molecular flexibility index (Phi) is 6.18. The maximum atomic E-state index is 12.8. The van der Waals surface area contributed by atoms with Crippen LogP contribution in [0.3, 0.4) is 0 Å². The van der Waals surface area contributed by atoms with Gasteiger partial charge in [0.15, 0.2) is 0 Å². The summed E-state index contributed by atoms with van der Waals surface area (Å²) in [7, 11) is -3.84. The van der Waals surface area contributed by atoms with Gasteiger partial charge in [0, 0.05) is 17.6 Å². The maximum absolute atomic E-state index is 12.8. The van der Waals surface area contributed by atoms with Crippen LogP contribution in [0.15, 0.2) is 51.8 Å². The molecule has 0 bridgehead atoms. The normalized spacial score (nSPS) is 16.9. The Labute approximate surface area is 167 Å². The third-order valence-electron chi connectivity index (χ3n) is 4.37. The number of sulfonamides is 1. The summed E-state index contributed by atoms with van der Waals surface area (Å²) in [5, 5.41) is 2.82. The molecule has 1 atom stereocenters. The van der Waals surface area contributed by atoms with Crippen LogP contribution in [0, 0.1) is 6.92 Å². The molecule has 3 rings (SSSR count). The van der Waals surface area contributed by atoms with Crippen molar-refractivity contribution in [1.82, 2.24) is 5.32 Å². The summed E-state index contributed by atoms with van der Waals surface area (Å²) in [5.41, 5.74) is 1.12. The molecule has 1 fully saturated rings. The van der Waals surface area contributed by atoms with Gasteiger partial charge in [-0.3, -0.25) is 9.52 Å². The van der Waals surface area contributed by atoms with E-state index in [0.29, 0.717) is 23.2 Å². The van der Waals surface area contributed by atoms with Gasteiger partial charge in [-0.15, -0.1) is 0 Å². The third kappa shape index (κ3) is 4.88. The smallest absolute Gasteiger partial charge is 0.262 e. The van der Waals surface area contributed by atoms with Gasteiger partial charge in [0.1, 0.15) is 0 Å². The number of hydrogen-bond donors (Lipinski definition) is 2. The van der Waals surface area contributed by atoms with Gasteiger partial charge in [-0.1, -0.05) is 34.1 Å². The van der Waals surface area contributed by atoms with E-state index in [1.54, 1.807) is 43.3 Å². The number of carbonyl (C=O) groups excluding carboxylic acids is 1. The quantitative estimate of drug-likeness (QED) is 0.702. The molecule has 1 heterocycles. The molecule has 1 aliphatic rings. The summed E-state index contributed by atoms with van der Waals surface area (Å²) < 4.78 is 34.4. The monoisotopic (exact) mass is 452 g/mol. The fraction of sp³-hybridized carbons (Fsp3) is 0.316. The molecule has 144 valence electrons. The zero-order valence-electron chi connectivity index (χ0n) is 14.9. The highest BCUT2D eigenvalue weighted by atomic mass is 79.9. The van der Waals surface area contributed by atoms with Crippen molar-refractivity contribution in [2.45, 2.75) is 30.8 Å². The Morgan fingerprint density at radius 3 is 2.78 bits per heavy atom. The molecule has 1 saturated heterocycles. The number of amides is 1. The molecule has 0 aliphatic carbocycles. The predicted molar refractivity (Wildman–Crippen MR) is 107 cm³/mol. The average Bonchev–Trinajstić information content (AvgIpc) is 3.15. The highest BCUT2D eigenvalue weighted by Crippen LogP contribution is 2.25. The molecule has 1 aliphatic heterocycles. The molecule has 2 N–H and O–H groups in total. The lowest BCUT2D eigenvalue weighted by atomic mass is 10.1. The Morgan fingerprint density at radius 1 is 1.26 bits per heavy atom. The van der Waals surface area contributed by atoms with Crippen molar-refractivity contribution in [2.75, 3.05) is 17.9 Å². The fourth-order valence-corrected chi connectivity index (χ4v) is 4.80. The molecule has 6 nitrogen and oxygen atoms in total. The summed E-state index contributed by atoms with van der Waals surface area (Å²) in [6.45, 7) is 2.84. The van der Waals surface area contributed by atoms with Crippen LogP contribution in [0.25, 0.3) is 0 Å². The van der Waals surface area contributed by atoms with E-state index < -0.39 is 10.0 Å². The van der Waals surface area contributed by atoms with Gasteiger partial charge in [0.05, 0.1) is 22.3 Å². The van der Waals surface area contributed by atoms with Crippen molar-refractivity contribution in [3.05, 3.63) is 58.1 Å². The van der Waals surface area contributed by atoms with Crippen molar-refractivity contribution in [1.29, 1.82) is 0 Å². The molecule has 8 heteroatoms. The van der Waals surface area contributed by atoms with E-state index in [1.165, 1.54) is 6.07 Å². The largest absolute Gasteiger partial charge is 0.376 e. The third-order valence-corrected chi connectivity index (χ3v) is 6.37. The lowest BCUT2D eigenvalue weighted by molar-refractivity contribution is 0.0858. The van der Waals surface area contributed by atoms with Gasteiger partial charge < -0.3 is 10.1 Å². The number of carbonyl (C=O) groups is 1. The lowest BCUT2D eigenvalue weighted by Gasteiger charge is -2.15. The number of halogens is 1. The van der Waals surface area contributed by atoms with Crippen LogP contribution < -0.4 is 10.0 Å². The van der Waals surface area contributed by atoms with Crippen LogP contribution in [0.5, 0.6) is 0 Å². The van der Waals surface area contributed by atoms with Gasteiger partial charge in [0.2, 0.25) is 0 Å². The minimum Gasteiger partial charge on any atom is -0.376 e. The van der Waals surface area contributed by atoms with Crippen molar-refractivity contribution in [2.24, 2.45) is 0 Å². The Hall–Kier alpha value is -1.90. The first-order valence-corrected chi connectivity index (χ1v) is 10.9. The van der Waals surface area contributed by atoms with Gasteiger partial charge in [-0.05, 0) is 49.6 Å². The summed E-state index contributed by atoms with van der Waals surface area (Å²) >= 11 is 3.30. The SMILES string of the molecule is Cc1ccc(Br)cc1S(=O)(=O)Nc1ccccc1C(=O)NC[C@@H]1CCCO1. The second-order valence-electron chi connectivity index (χ2n) is 6.41. The molecular weight excluding hydrogens is 432 g/mol. The summed E-state index contributed by atoms with van der Waals surface area (Å²) in [6, 6.07) is 11.6.